The zero-order chi connectivity index (χ0) is 13.2. The number of aryl methyl sites for hydroxylation is 1. The normalized spacial score (nSPS) is 10.8. The van der Waals surface area contributed by atoms with Crippen LogP contribution in [0.2, 0.25) is 0 Å². The van der Waals surface area contributed by atoms with Gasteiger partial charge in [0.2, 0.25) is 0 Å². The maximum Gasteiger partial charge on any atom is 0.342 e. The van der Waals surface area contributed by atoms with E-state index in [2.05, 4.69) is 6.07 Å². The number of hydrogen-bond acceptors (Lipinski definition) is 4. The molecule has 96 valence electrons. The average molecular weight is 272 g/mol. The summed E-state index contributed by atoms with van der Waals surface area (Å²) in [5, 5.41) is 3.17. The van der Waals surface area contributed by atoms with Crippen LogP contribution >= 0.6 is 11.3 Å². The Morgan fingerprint density at radius 3 is 2.95 bits per heavy atom. The van der Waals surface area contributed by atoms with Crippen molar-refractivity contribution in [2.24, 2.45) is 0 Å². The van der Waals surface area contributed by atoms with Gasteiger partial charge in [-0.05, 0) is 29.8 Å². The molecule has 0 aliphatic heterocycles. The number of thiophene rings is 1. The first-order valence-electron chi connectivity index (χ1n) is 5.92. The maximum atomic E-state index is 11.9. The summed E-state index contributed by atoms with van der Waals surface area (Å²) in [6.45, 7) is 2.03. The molecule has 0 bridgehead atoms. The van der Waals surface area contributed by atoms with Crippen molar-refractivity contribution < 1.29 is 13.9 Å². The van der Waals surface area contributed by atoms with Gasteiger partial charge >= 0.3 is 5.97 Å². The van der Waals surface area contributed by atoms with Crippen molar-refractivity contribution in [1.82, 2.24) is 0 Å². The second-order valence-electron chi connectivity index (χ2n) is 4.22. The van der Waals surface area contributed by atoms with Crippen molar-refractivity contribution in [3.63, 3.8) is 0 Å². The van der Waals surface area contributed by atoms with Gasteiger partial charge in [-0.2, -0.15) is 0 Å². The average Bonchev–Trinajstić information content (AvgIpc) is 3.02. The molecule has 4 heteroatoms. The zero-order valence-electron chi connectivity index (χ0n) is 10.4. The molecule has 0 saturated carbocycles. The fourth-order valence-electron chi connectivity index (χ4n) is 1.96. The Kier molecular flexibility index (Phi) is 3.09. The molecule has 3 nitrogen and oxygen atoms in total. The molecule has 0 radical (unpaired) electrons. The monoisotopic (exact) mass is 272 g/mol. The van der Waals surface area contributed by atoms with Crippen LogP contribution in [0.25, 0.3) is 10.1 Å². The minimum Gasteiger partial charge on any atom is -0.469 e. The van der Waals surface area contributed by atoms with Crippen LogP contribution < -0.4 is 0 Å². The second kappa shape index (κ2) is 4.90. The van der Waals surface area contributed by atoms with Crippen LogP contribution in [0.4, 0.5) is 0 Å². The Balaban J connectivity index is 1.76. The lowest BCUT2D eigenvalue weighted by molar-refractivity contribution is 0.0473. The molecule has 2 heterocycles. The highest BCUT2D eigenvalue weighted by Gasteiger charge is 2.13. The van der Waals surface area contributed by atoms with Crippen LogP contribution in [0.3, 0.4) is 0 Å². The summed E-state index contributed by atoms with van der Waals surface area (Å²) in [4.78, 5) is 11.9. The van der Waals surface area contributed by atoms with Crippen molar-refractivity contribution in [2.75, 3.05) is 0 Å². The van der Waals surface area contributed by atoms with E-state index in [0.717, 1.165) is 10.9 Å². The van der Waals surface area contributed by atoms with Gasteiger partial charge in [-0.15, -0.1) is 11.3 Å². The zero-order valence-corrected chi connectivity index (χ0v) is 11.2. The third-order valence-corrected chi connectivity index (χ3v) is 4.01. The number of benzene rings is 1. The smallest absolute Gasteiger partial charge is 0.342 e. The van der Waals surface area contributed by atoms with Crippen LogP contribution in [-0.4, -0.2) is 5.97 Å². The van der Waals surface area contributed by atoms with E-state index in [1.807, 2.05) is 23.6 Å². The molecular formula is C15H12O3S. The van der Waals surface area contributed by atoms with Crippen LogP contribution in [-0.2, 0) is 11.3 Å². The number of carbonyl (C=O) groups is 1. The molecule has 2 aromatic heterocycles. The van der Waals surface area contributed by atoms with Gasteiger partial charge in [-0.3, -0.25) is 0 Å². The van der Waals surface area contributed by atoms with E-state index in [9.17, 15) is 4.79 Å². The highest BCUT2D eigenvalue weighted by Crippen LogP contribution is 2.26. The first-order valence-corrected chi connectivity index (χ1v) is 6.80. The number of esters is 1. The summed E-state index contributed by atoms with van der Waals surface area (Å²) >= 11 is 1.66. The number of hydrogen-bond donors (Lipinski definition) is 0. The second-order valence-corrected chi connectivity index (χ2v) is 5.13. The summed E-state index contributed by atoms with van der Waals surface area (Å²) in [7, 11) is 0. The third kappa shape index (κ3) is 2.27. The van der Waals surface area contributed by atoms with Crippen molar-refractivity contribution in [2.45, 2.75) is 13.5 Å². The number of ether oxygens (including phenoxy) is 1. The lowest BCUT2D eigenvalue weighted by Crippen LogP contribution is -2.05. The molecule has 19 heavy (non-hydrogen) atoms. The Morgan fingerprint density at radius 2 is 2.16 bits per heavy atom. The van der Waals surface area contributed by atoms with Gasteiger partial charge in [0.1, 0.15) is 17.9 Å². The predicted octanol–water partition coefficient (Wildman–Crippen LogP) is 4.16. The van der Waals surface area contributed by atoms with E-state index in [0.29, 0.717) is 11.3 Å². The molecule has 0 fully saturated rings. The minimum atomic E-state index is -0.346. The Hall–Kier alpha value is -2.07. The van der Waals surface area contributed by atoms with Gasteiger partial charge in [0.15, 0.2) is 0 Å². The SMILES string of the molecule is Cc1occc1C(=O)OCc1csc2ccccc12. The van der Waals surface area contributed by atoms with Crippen LogP contribution in [0.15, 0.2) is 46.4 Å². The first kappa shape index (κ1) is 12.0. The quantitative estimate of drug-likeness (QED) is 0.672. The molecule has 1 aromatic carbocycles. The summed E-state index contributed by atoms with van der Waals surface area (Å²) in [5.41, 5.74) is 1.52. The van der Waals surface area contributed by atoms with E-state index in [1.165, 1.54) is 11.0 Å². The fraction of sp³-hybridized carbons (Fsp3) is 0.133. The van der Waals surface area contributed by atoms with Gasteiger partial charge in [0, 0.05) is 10.3 Å². The molecule has 0 unspecified atom stereocenters. The molecule has 0 spiro atoms. The van der Waals surface area contributed by atoms with Gasteiger partial charge in [0.25, 0.3) is 0 Å². The molecule has 0 N–H and O–H groups in total. The van der Waals surface area contributed by atoms with Crippen molar-refractivity contribution >= 4 is 27.4 Å². The molecule has 0 aliphatic rings. The predicted molar refractivity (Wildman–Crippen MR) is 74.4 cm³/mol. The number of fused-ring (bicyclic) bond motifs is 1. The van der Waals surface area contributed by atoms with Crippen LogP contribution in [0.5, 0.6) is 0 Å². The number of furan rings is 1. The van der Waals surface area contributed by atoms with E-state index < -0.39 is 0 Å². The van der Waals surface area contributed by atoms with Gasteiger partial charge in [-0.25, -0.2) is 4.79 Å². The van der Waals surface area contributed by atoms with Crippen LogP contribution in [0, 0.1) is 6.92 Å². The topological polar surface area (TPSA) is 39.4 Å². The lowest BCUT2D eigenvalue weighted by Gasteiger charge is -2.03. The Labute approximate surface area is 114 Å². The van der Waals surface area contributed by atoms with Gasteiger partial charge < -0.3 is 9.15 Å². The molecule has 0 saturated heterocycles. The highest BCUT2D eigenvalue weighted by molar-refractivity contribution is 7.17. The summed E-state index contributed by atoms with van der Waals surface area (Å²) in [5.74, 6) is 0.238. The van der Waals surface area contributed by atoms with Gasteiger partial charge in [0.05, 0.1) is 6.26 Å². The third-order valence-electron chi connectivity index (χ3n) is 3.00. The summed E-state index contributed by atoms with van der Waals surface area (Å²) in [6.07, 6.45) is 1.49. The highest BCUT2D eigenvalue weighted by atomic mass is 32.1. The van der Waals surface area contributed by atoms with E-state index in [-0.39, 0.29) is 12.6 Å². The van der Waals surface area contributed by atoms with E-state index in [1.54, 1.807) is 24.3 Å². The van der Waals surface area contributed by atoms with E-state index in [4.69, 9.17) is 9.15 Å². The summed E-state index contributed by atoms with van der Waals surface area (Å²) < 4.78 is 11.6. The largest absolute Gasteiger partial charge is 0.469 e. The molecule has 0 atom stereocenters. The van der Waals surface area contributed by atoms with Crippen LogP contribution in [0.1, 0.15) is 21.7 Å². The Morgan fingerprint density at radius 1 is 1.32 bits per heavy atom. The van der Waals surface area contributed by atoms with Gasteiger partial charge in [-0.1, -0.05) is 18.2 Å². The van der Waals surface area contributed by atoms with Crippen molar-refractivity contribution in [3.05, 3.63) is 58.9 Å². The Bertz CT molecular complexity index is 724. The van der Waals surface area contributed by atoms with Crippen molar-refractivity contribution in [1.29, 1.82) is 0 Å². The van der Waals surface area contributed by atoms with Crippen molar-refractivity contribution in [3.8, 4) is 0 Å². The minimum absolute atomic E-state index is 0.285. The molecule has 0 aliphatic carbocycles. The molecule has 3 aromatic rings. The number of rotatable bonds is 3. The van der Waals surface area contributed by atoms with E-state index >= 15 is 0 Å². The molecule has 0 amide bonds. The fourth-order valence-corrected chi connectivity index (χ4v) is 2.91. The molecular weight excluding hydrogens is 260 g/mol. The lowest BCUT2D eigenvalue weighted by atomic mass is 10.2. The molecule has 3 rings (SSSR count). The first-order chi connectivity index (χ1) is 9.25. The standard InChI is InChI=1S/C15H12O3S/c1-10-12(6-7-17-10)15(16)18-8-11-9-19-14-5-3-2-4-13(11)14/h2-7,9H,8H2,1H3. The summed E-state index contributed by atoms with van der Waals surface area (Å²) in [6, 6.07) is 9.72. The number of carbonyl (C=O) groups excluding carboxylic acids is 1. The maximum absolute atomic E-state index is 11.9.